The van der Waals surface area contributed by atoms with E-state index in [4.69, 9.17) is 9.47 Å². The van der Waals surface area contributed by atoms with Crippen molar-refractivity contribution in [1.82, 2.24) is 10.6 Å². The van der Waals surface area contributed by atoms with Gasteiger partial charge in [-0.15, -0.1) is 0 Å². The van der Waals surface area contributed by atoms with Crippen molar-refractivity contribution < 1.29 is 13.7 Å². The monoisotopic (exact) mass is 381 g/mol. The highest BCUT2D eigenvalue weighted by Crippen LogP contribution is 2.08. The van der Waals surface area contributed by atoms with Gasteiger partial charge in [0.2, 0.25) is 0 Å². The smallest absolute Gasteiger partial charge is 0.191 e. The zero-order valence-electron chi connectivity index (χ0n) is 15.6. The molecule has 2 atom stereocenters. The van der Waals surface area contributed by atoms with E-state index < -0.39 is 10.8 Å². The summed E-state index contributed by atoms with van der Waals surface area (Å²) in [6, 6.07) is 9.95. The summed E-state index contributed by atoms with van der Waals surface area (Å²) < 4.78 is 23.2. The fourth-order valence-electron chi connectivity index (χ4n) is 2.61. The van der Waals surface area contributed by atoms with Crippen LogP contribution < -0.4 is 10.6 Å². The minimum atomic E-state index is -0.879. The van der Waals surface area contributed by atoms with Crippen molar-refractivity contribution >= 4 is 16.8 Å². The zero-order chi connectivity index (χ0) is 18.5. The first kappa shape index (κ1) is 20.9. The maximum absolute atomic E-state index is 12.2. The Balaban J connectivity index is 1.60. The van der Waals surface area contributed by atoms with Crippen LogP contribution in [0.2, 0.25) is 0 Å². The molecule has 2 unspecified atom stereocenters. The van der Waals surface area contributed by atoms with E-state index in [0.717, 1.165) is 37.5 Å². The van der Waals surface area contributed by atoms with E-state index in [1.807, 2.05) is 37.3 Å². The summed E-state index contributed by atoms with van der Waals surface area (Å²) in [7, 11) is -0.879. The Morgan fingerprint density at radius 2 is 2.19 bits per heavy atom. The van der Waals surface area contributed by atoms with Gasteiger partial charge in [0, 0.05) is 55.2 Å². The summed E-state index contributed by atoms with van der Waals surface area (Å²) in [6.45, 7) is 6.41. The molecule has 0 bridgehead atoms. The van der Waals surface area contributed by atoms with Gasteiger partial charge in [0.05, 0.1) is 12.7 Å². The Morgan fingerprint density at radius 1 is 1.35 bits per heavy atom. The van der Waals surface area contributed by atoms with Gasteiger partial charge in [0.15, 0.2) is 5.96 Å². The number of benzene rings is 1. The molecule has 7 heteroatoms. The molecule has 1 saturated heterocycles. The SMILES string of the molecule is CCNC(=NCCCOC1CCOC1)NCCS(=O)Cc1ccccc1. The first-order chi connectivity index (χ1) is 12.8. The van der Waals surface area contributed by atoms with Crippen LogP contribution in [-0.2, 0) is 26.0 Å². The van der Waals surface area contributed by atoms with E-state index in [1.54, 1.807) is 0 Å². The predicted octanol–water partition coefficient (Wildman–Crippen LogP) is 1.69. The molecule has 0 aliphatic carbocycles. The van der Waals surface area contributed by atoms with Gasteiger partial charge in [-0.25, -0.2) is 0 Å². The van der Waals surface area contributed by atoms with E-state index in [-0.39, 0.29) is 6.10 Å². The molecule has 0 amide bonds. The van der Waals surface area contributed by atoms with Gasteiger partial charge in [0.25, 0.3) is 0 Å². The van der Waals surface area contributed by atoms with Crippen molar-refractivity contribution in [3.63, 3.8) is 0 Å². The molecule has 1 aromatic carbocycles. The molecule has 1 heterocycles. The van der Waals surface area contributed by atoms with Crippen molar-refractivity contribution in [3.8, 4) is 0 Å². The van der Waals surface area contributed by atoms with Gasteiger partial charge >= 0.3 is 0 Å². The summed E-state index contributed by atoms with van der Waals surface area (Å²) in [5, 5.41) is 6.47. The normalized spacial score (nSPS) is 18.7. The average molecular weight is 382 g/mol. The third kappa shape index (κ3) is 8.78. The van der Waals surface area contributed by atoms with Gasteiger partial charge < -0.3 is 20.1 Å². The topological polar surface area (TPSA) is 72.0 Å². The van der Waals surface area contributed by atoms with Crippen LogP contribution in [-0.4, -0.2) is 61.5 Å². The highest BCUT2D eigenvalue weighted by Gasteiger charge is 2.15. The molecule has 1 aliphatic rings. The van der Waals surface area contributed by atoms with Gasteiger partial charge in [-0.1, -0.05) is 30.3 Å². The van der Waals surface area contributed by atoms with E-state index >= 15 is 0 Å². The lowest BCUT2D eigenvalue weighted by Crippen LogP contribution is -2.39. The Morgan fingerprint density at radius 3 is 2.92 bits per heavy atom. The van der Waals surface area contributed by atoms with Crippen molar-refractivity contribution in [2.75, 3.05) is 45.2 Å². The average Bonchev–Trinajstić information content (AvgIpc) is 3.15. The highest BCUT2D eigenvalue weighted by atomic mass is 32.2. The third-order valence-electron chi connectivity index (χ3n) is 3.95. The van der Waals surface area contributed by atoms with E-state index in [9.17, 15) is 4.21 Å². The summed E-state index contributed by atoms with van der Waals surface area (Å²) in [4.78, 5) is 4.54. The number of nitrogens with one attached hydrogen (secondary N) is 2. The molecular weight excluding hydrogens is 350 g/mol. The Bertz CT molecular complexity index is 548. The van der Waals surface area contributed by atoms with Crippen LogP contribution >= 0.6 is 0 Å². The standard InChI is InChI=1S/C19H31N3O3S/c1-2-20-19(21-10-6-12-25-18-9-13-24-15-18)22-11-14-26(23)16-17-7-4-3-5-8-17/h3-5,7-8,18H,2,6,9-16H2,1H3,(H2,20,21,22). The minimum Gasteiger partial charge on any atom is -0.379 e. The largest absolute Gasteiger partial charge is 0.379 e. The van der Waals surface area contributed by atoms with Crippen molar-refractivity contribution in [1.29, 1.82) is 0 Å². The molecule has 2 N–H and O–H groups in total. The summed E-state index contributed by atoms with van der Waals surface area (Å²) in [5.74, 6) is 1.97. The number of hydrogen-bond acceptors (Lipinski definition) is 4. The predicted molar refractivity (Wildman–Crippen MR) is 107 cm³/mol. The number of rotatable bonds is 11. The molecule has 26 heavy (non-hydrogen) atoms. The van der Waals surface area contributed by atoms with Crippen LogP contribution in [0.5, 0.6) is 0 Å². The second kappa shape index (κ2) is 12.8. The van der Waals surface area contributed by atoms with Crippen LogP contribution in [0.3, 0.4) is 0 Å². The molecule has 2 rings (SSSR count). The van der Waals surface area contributed by atoms with E-state index in [1.165, 1.54) is 0 Å². The van der Waals surface area contributed by atoms with Crippen LogP contribution in [0.1, 0.15) is 25.3 Å². The van der Waals surface area contributed by atoms with Gasteiger partial charge in [-0.05, 0) is 25.3 Å². The molecule has 6 nitrogen and oxygen atoms in total. The lowest BCUT2D eigenvalue weighted by molar-refractivity contribution is 0.0424. The highest BCUT2D eigenvalue weighted by molar-refractivity contribution is 7.84. The molecule has 1 aliphatic heterocycles. The number of guanidine groups is 1. The van der Waals surface area contributed by atoms with Crippen molar-refractivity contribution in [3.05, 3.63) is 35.9 Å². The third-order valence-corrected chi connectivity index (χ3v) is 5.27. The van der Waals surface area contributed by atoms with E-state index in [2.05, 4.69) is 15.6 Å². The molecule has 0 aromatic heterocycles. The lowest BCUT2D eigenvalue weighted by Gasteiger charge is -2.12. The molecule has 0 radical (unpaired) electrons. The first-order valence-electron chi connectivity index (χ1n) is 9.38. The second-order valence-corrected chi connectivity index (χ2v) is 7.75. The fourth-order valence-corrected chi connectivity index (χ4v) is 3.65. The Kier molecular flexibility index (Phi) is 10.3. The molecule has 0 spiro atoms. The lowest BCUT2D eigenvalue weighted by atomic mass is 10.2. The zero-order valence-corrected chi connectivity index (χ0v) is 16.4. The van der Waals surface area contributed by atoms with Gasteiger partial charge in [-0.3, -0.25) is 9.20 Å². The summed E-state index contributed by atoms with van der Waals surface area (Å²) in [5.41, 5.74) is 1.11. The maximum Gasteiger partial charge on any atom is 0.191 e. The van der Waals surface area contributed by atoms with Crippen LogP contribution in [0.25, 0.3) is 0 Å². The summed E-state index contributed by atoms with van der Waals surface area (Å²) >= 11 is 0. The number of hydrogen-bond donors (Lipinski definition) is 2. The number of aliphatic imine (C=N–C) groups is 1. The van der Waals surface area contributed by atoms with Crippen LogP contribution in [0.4, 0.5) is 0 Å². The van der Waals surface area contributed by atoms with Gasteiger partial charge in [0.1, 0.15) is 0 Å². The van der Waals surface area contributed by atoms with Crippen molar-refractivity contribution in [2.45, 2.75) is 31.6 Å². The van der Waals surface area contributed by atoms with Crippen molar-refractivity contribution in [2.24, 2.45) is 4.99 Å². The second-order valence-electron chi connectivity index (χ2n) is 6.17. The molecule has 1 fully saturated rings. The minimum absolute atomic E-state index is 0.255. The molecular formula is C19H31N3O3S. The quantitative estimate of drug-likeness (QED) is 0.347. The Hall–Kier alpha value is -1.44. The number of nitrogens with zero attached hydrogens (tertiary/aromatic N) is 1. The van der Waals surface area contributed by atoms with Gasteiger partial charge in [-0.2, -0.15) is 0 Å². The molecule has 146 valence electrons. The number of ether oxygens (including phenoxy) is 2. The fraction of sp³-hybridized carbons (Fsp3) is 0.632. The van der Waals surface area contributed by atoms with E-state index in [0.29, 0.717) is 37.8 Å². The van der Waals surface area contributed by atoms with Crippen LogP contribution in [0.15, 0.2) is 35.3 Å². The molecule has 0 saturated carbocycles. The Labute approximate surface area is 159 Å². The first-order valence-corrected chi connectivity index (χ1v) is 10.9. The maximum atomic E-state index is 12.2. The molecule has 1 aromatic rings. The summed E-state index contributed by atoms with van der Waals surface area (Å²) in [6.07, 6.45) is 2.13. The van der Waals surface area contributed by atoms with Crippen LogP contribution in [0, 0.1) is 0 Å².